The second kappa shape index (κ2) is 7.92. The Morgan fingerprint density at radius 3 is 2.39 bits per heavy atom. The summed E-state index contributed by atoms with van der Waals surface area (Å²) in [5, 5.41) is 2.97. The van der Waals surface area contributed by atoms with Gasteiger partial charge in [-0.05, 0) is 43.2 Å². The van der Waals surface area contributed by atoms with Gasteiger partial charge in [-0.15, -0.1) is 0 Å². The summed E-state index contributed by atoms with van der Waals surface area (Å²) in [4.78, 5) is 29.3. The lowest BCUT2D eigenvalue weighted by Crippen LogP contribution is -2.48. The van der Waals surface area contributed by atoms with Crippen molar-refractivity contribution in [2.45, 2.75) is 18.9 Å². The minimum Gasteiger partial charge on any atom is -0.495 e. The van der Waals surface area contributed by atoms with Crippen LogP contribution >= 0.6 is 0 Å². The lowest BCUT2D eigenvalue weighted by Gasteiger charge is -2.36. The summed E-state index contributed by atoms with van der Waals surface area (Å²) in [5.41, 5.74) is 2.16. The Balaban J connectivity index is 1.40. The zero-order valence-corrected chi connectivity index (χ0v) is 16.1. The molecule has 1 aliphatic heterocycles. The van der Waals surface area contributed by atoms with Gasteiger partial charge in [0, 0.05) is 43.3 Å². The summed E-state index contributed by atoms with van der Waals surface area (Å²) in [7, 11) is 1.67. The molecule has 6 nitrogen and oxygen atoms in total. The molecule has 1 N–H and O–H groups in total. The number of nitrogens with zero attached hydrogens (tertiary/aromatic N) is 2. The van der Waals surface area contributed by atoms with Gasteiger partial charge in [0.1, 0.15) is 5.75 Å². The summed E-state index contributed by atoms with van der Waals surface area (Å²) in [6, 6.07) is 15.3. The Bertz CT molecular complexity index is 871. The third-order valence-corrected chi connectivity index (χ3v) is 5.28. The largest absolute Gasteiger partial charge is 0.495 e. The highest BCUT2D eigenvalue weighted by Gasteiger charge is 2.26. The molecule has 2 aliphatic rings. The third kappa shape index (κ3) is 3.96. The number of carbonyl (C=O) groups is 2. The van der Waals surface area contributed by atoms with E-state index in [-0.39, 0.29) is 11.8 Å². The summed E-state index contributed by atoms with van der Waals surface area (Å²) in [5.74, 6) is 0.718. The van der Waals surface area contributed by atoms with Crippen molar-refractivity contribution in [2.75, 3.05) is 38.2 Å². The van der Waals surface area contributed by atoms with Crippen molar-refractivity contribution in [1.82, 2.24) is 10.2 Å². The molecule has 0 radical (unpaired) electrons. The van der Waals surface area contributed by atoms with Crippen LogP contribution in [0.5, 0.6) is 5.75 Å². The molecule has 0 aromatic heterocycles. The van der Waals surface area contributed by atoms with Crippen LogP contribution in [0.25, 0.3) is 0 Å². The topological polar surface area (TPSA) is 61.9 Å². The van der Waals surface area contributed by atoms with Crippen molar-refractivity contribution in [3.8, 4) is 5.75 Å². The Labute approximate surface area is 165 Å². The molecule has 146 valence electrons. The molecule has 1 heterocycles. The standard InChI is InChI=1S/C22H25N3O3/c1-28-20-8-3-2-7-19(20)24-11-13-25(14-12-24)22(27)17-6-4-5-16(15-17)21(26)23-18-9-10-18/h2-8,15,18H,9-14H2,1H3,(H,23,26). The fourth-order valence-electron chi connectivity index (χ4n) is 3.51. The summed E-state index contributed by atoms with van der Waals surface area (Å²) < 4.78 is 5.45. The summed E-state index contributed by atoms with van der Waals surface area (Å²) in [6.07, 6.45) is 2.08. The van der Waals surface area contributed by atoms with Crippen molar-refractivity contribution >= 4 is 17.5 Å². The normalized spacial score (nSPS) is 16.6. The van der Waals surface area contributed by atoms with E-state index in [0.29, 0.717) is 30.3 Å². The van der Waals surface area contributed by atoms with Crippen molar-refractivity contribution in [1.29, 1.82) is 0 Å². The molecule has 0 bridgehead atoms. The van der Waals surface area contributed by atoms with Crippen LogP contribution in [0.4, 0.5) is 5.69 Å². The van der Waals surface area contributed by atoms with E-state index in [1.165, 1.54) is 0 Å². The summed E-state index contributed by atoms with van der Waals surface area (Å²) >= 11 is 0. The van der Waals surface area contributed by atoms with Gasteiger partial charge in [-0.3, -0.25) is 9.59 Å². The maximum atomic E-state index is 12.9. The average molecular weight is 379 g/mol. The van der Waals surface area contributed by atoms with E-state index in [2.05, 4.69) is 10.2 Å². The third-order valence-electron chi connectivity index (χ3n) is 5.28. The Morgan fingerprint density at radius 1 is 0.964 bits per heavy atom. The van der Waals surface area contributed by atoms with Crippen LogP contribution in [-0.4, -0.2) is 56.0 Å². The molecule has 2 amide bonds. The van der Waals surface area contributed by atoms with Crippen LogP contribution in [0.2, 0.25) is 0 Å². The number of hydrogen-bond donors (Lipinski definition) is 1. The number of amides is 2. The number of piperazine rings is 1. The summed E-state index contributed by atoms with van der Waals surface area (Å²) in [6.45, 7) is 2.76. The molecule has 0 spiro atoms. The second-order valence-electron chi connectivity index (χ2n) is 7.28. The number of methoxy groups -OCH3 is 1. The van der Waals surface area contributed by atoms with E-state index in [0.717, 1.165) is 37.4 Å². The number of nitrogens with one attached hydrogen (secondary N) is 1. The first-order valence-electron chi connectivity index (χ1n) is 9.74. The zero-order chi connectivity index (χ0) is 19.5. The van der Waals surface area contributed by atoms with Gasteiger partial charge in [0.2, 0.25) is 0 Å². The van der Waals surface area contributed by atoms with Crippen molar-refractivity contribution in [3.63, 3.8) is 0 Å². The SMILES string of the molecule is COc1ccccc1N1CCN(C(=O)c2cccc(C(=O)NC3CC3)c2)CC1. The minimum atomic E-state index is -0.0989. The van der Waals surface area contributed by atoms with Gasteiger partial charge in [-0.1, -0.05) is 18.2 Å². The Morgan fingerprint density at radius 2 is 1.68 bits per heavy atom. The maximum Gasteiger partial charge on any atom is 0.253 e. The van der Waals surface area contributed by atoms with Gasteiger partial charge >= 0.3 is 0 Å². The average Bonchev–Trinajstić information content (AvgIpc) is 3.57. The number of ether oxygens (including phenoxy) is 1. The molecule has 1 saturated carbocycles. The van der Waals surface area contributed by atoms with Crippen molar-refractivity contribution in [3.05, 3.63) is 59.7 Å². The van der Waals surface area contributed by atoms with E-state index in [1.54, 1.807) is 31.4 Å². The molecular weight excluding hydrogens is 354 g/mol. The lowest BCUT2D eigenvalue weighted by molar-refractivity contribution is 0.0746. The van der Waals surface area contributed by atoms with Gasteiger partial charge in [-0.25, -0.2) is 0 Å². The number of carbonyl (C=O) groups excluding carboxylic acids is 2. The molecule has 6 heteroatoms. The van der Waals surface area contributed by atoms with E-state index in [1.807, 2.05) is 29.2 Å². The maximum absolute atomic E-state index is 12.9. The predicted octanol–water partition coefficient (Wildman–Crippen LogP) is 2.55. The highest BCUT2D eigenvalue weighted by molar-refractivity contribution is 6.00. The molecular formula is C22H25N3O3. The van der Waals surface area contributed by atoms with Crippen LogP contribution in [0.15, 0.2) is 48.5 Å². The highest BCUT2D eigenvalue weighted by atomic mass is 16.5. The minimum absolute atomic E-state index is 0.0271. The number of anilines is 1. The van der Waals surface area contributed by atoms with Crippen LogP contribution in [-0.2, 0) is 0 Å². The van der Waals surface area contributed by atoms with Crippen LogP contribution < -0.4 is 15.0 Å². The smallest absolute Gasteiger partial charge is 0.253 e. The first kappa shape index (κ1) is 18.3. The fraction of sp³-hybridized carbons (Fsp3) is 0.364. The van der Waals surface area contributed by atoms with Gasteiger partial charge in [0.05, 0.1) is 12.8 Å². The molecule has 0 unspecified atom stereocenters. The quantitative estimate of drug-likeness (QED) is 0.867. The Kier molecular flexibility index (Phi) is 5.19. The first-order chi connectivity index (χ1) is 13.7. The number of rotatable bonds is 5. The van der Waals surface area contributed by atoms with Crippen LogP contribution in [0.1, 0.15) is 33.6 Å². The molecule has 4 rings (SSSR count). The van der Waals surface area contributed by atoms with E-state index >= 15 is 0 Å². The molecule has 0 atom stereocenters. The van der Waals surface area contributed by atoms with E-state index < -0.39 is 0 Å². The molecule has 1 aliphatic carbocycles. The Hall–Kier alpha value is -3.02. The monoisotopic (exact) mass is 379 g/mol. The number of para-hydroxylation sites is 2. The van der Waals surface area contributed by atoms with E-state index in [9.17, 15) is 9.59 Å². The fourth-order valence-corrected chi connectivity index (χ4v) is 3.51. The lowest BCUT2D eigenvalue weighted by atomic mass is 10.1. The molecule has 1 saturated heterocycles. The highest BCUT2D eigenvalue weighted by Crippen LogP contribution is 2.28. The van der Waals surface area contributed by atoms with Gasteiger partial charge in [0.25, 0.3) is 11.8 Å². The predicted molar refractivity (Wildman–Crippen MR) is 108 cm³/mol. The van der Waals surface area contributed by atoms with Gasteiger partial charge < -0.3 is 19.9 Å². The number of benzene rings is 2. The van der Waals surface area contributed by atoms with Crippen molar-refractivity contribution < 1.29 is 14.3 Å². The first-order valence-corrected chi connectivity index (χ1v) is 9.74. The second-order valence-corrected chi connectivity index (χ2v) is 7.28. The number of hydrogen-bond acceptors (Lipinski definition) is 4. The zero-order valence-electron chi connectivity index (χ0n) is 16.1. The molecule has 2 fully saturated rings. The van der Waals surface area contributed by atoms with Gasteiger partial charge in [-0.2, -0.15) is 0 Å². The van der Waals surface area contributed by atoms with Crippen molar-refractivity contribution in [2.24, 2.45) is 0 Å². The molecule has 2 aromatic rings. The molecule has 2 aromatic carbocycles. The van der Waals surface area contributed by atoms with E-state index in [4.69, 9.17) is 4.74 Å². The van der Waals surface area contributed by atoms with Crippen LogP contribution in [0, 0.1) is 0 Å². The van der Waals surface area contributed by atoms with Gasteiger partial charge in [0.15, 0.2) is 0 Å². The van der Waals surface area contributed by atoms with Crippen LogP contribution in [0.3, 0.4) is 0 Å². The molecule has 28 heavy (non-hydrogen) atoms.